The lowest BCUT2D eigenvalue weighted by molar-refractivity contribution is 0.0855. The maximum Gasteiger partial charge on any atom is 0.251 e. The van der Waals surface area contributed by atoms with E-state index in [-0.39, 0.29) is 12.5 Å². The second kappa shape index (κ2) is 7.03. The topological polar surface area (TPSA) is 78.8 Å². The van der Waals surface area contributed by atoms with Gasteiger partial charge in [-0.05, 0) is 48.2 Å². The fourth-order valence-electron chi connectivity index (χ4n) is 3.11. The van der Waals surface area contributed by atoms with Gasteiger partial charge in [-0.2, -0.15) is 0 Å². The third-order valence-electron chi connectivity index (χ3n) is 4.32. The highest BCUT2D eigenvalue weighted by molar-refractivity contribution is 5.96. The van der Waals surface area contributed by atoms with Crippen molar-refractivity contribution >= 4 is 5.91 Å². The first-order chi connectivity index (χ1) is 11.6. The maximum absolute atomic E-state index is 12.5. The summed E-state index contributed by atoms with van der Waals surface area (Å²) in [6.07, 6.45) is -0.207. The summed E-state index contributed by atoms with van der Waals surface area (Å²) < 4.78 is 5.47. The van der Waals surface area contributed by atoms with E-state index in [9.17, 15) is 15.0 Å². The summed E-state index contributed by atoms with van der Waals surface area (Å²) in [5, 5.41) is 22.8. The van der Waals surface area contributed by atoms with Gasteiger partial charge in [0.15, 0.2) is 0 Å². The van der Waals surface area contributed by atoms with Crippen LogP contribution in [0.2, 0.25) is 0 Å². The van der Waals surface area contributed by atoms with Crippen LogP contribution in [0.5, 0.6) is 5.75 Å². The Balaban J connectivity index is 1.76. The fraction of sp³-hybridized carbons (Fsp3) is 0.316. The van der Waals surface area contributed by atoms with Crippen LogP contribution in [0.15, 0.2) is 42.5 Å². The summed E-state index contributed by atoms with van der Waals surface area (Å²) >= 11 is 0. The molecule has 0 fully saturated rings. The first kappa shape index (κ1) is 16.5. The van der Waals surface area contributed by atoms with Crippen LogP contribution in [0, 0.1) is 0 Å². The number of hydrogen-bond acceptors (Lipinski definition) is 4. The lowest BCUT2D eigenvalue weighted by atomic mass is 10.1. The standard InChI is InChI=1S/C19H21NO4/c1-2-24-14-8-7-12-9-17(18(22)16(12)10-14)20-19(23)15-6-4-3-5-13(15)11-21/h3-8,10,17-18,21-22H,2,9,11H2,1H3,(H,20,23)/t17-,18?/m0/s1. The molecular weight excluding hydrogens is 306 g/mol. The summed E-state index contributed by atoms with van der Waals surface area (Å²) in [6, 6.07) is 12.1. The molecule has 2 atom stereocenters. The lowest BCUT2D eigenvalue weighted by Gasteiger charge is -2.18. The van der Waals surface area contributed by atoms with Crippen molar-refractivity contribution in [3.8, 4) is 5.75 Å². The molecule has 0 bridgehead atoms. The molecule has 0 saturated carbocycles. The summed E-state index contributed by atoms with van der Waals surface area (Å²) in [4.78, 5) is 12.5. The molecule has 0 aliphatic heterocycles. The van der Waals surface area contributed by atoms with Crippen molar-refractivity contribution in [3.05, 3.63) is 64.7 Å². The van der Waals surface area contributed by atoms with Crippen LogP contribution in [0.25, 0.3) is 0 Å². The quantitative estimate of drug-likeness (QED) is 0.784. The third-order valence-corrected chi connectivity index (χ3v) is 4.32. The highest BCUT2D eigenvalue weighted by Gasteiger charge is 2.32. The van der Waals surface area contributed by atoms with E-state index in [0.717, 1.165) is 11.1 Å². The number of aliphatic hydroxyl groups excluding tert-OH is 2. The van der Waals surface area contributed by atoms with E-state index < -0.39 is 12.1 Å². The average molecular weight is 327 g/mol. The van der Waals surface area contributed by atoms with E-state index in [4.69, 9.17) is 4.74 Å². The molecule has 1 unspecified atom stereocenters. The first-order valence-electron chi connectivity index (χ1n) is 8.07. The van der Waals surface area contributed by atoms with Gasteiger partial charge in [-0.1, -0.05) is 24.3 Å². The minimum absolute atomic E-state index is 0.200. The largest absolute Gasteiger partial charge is 0.494 e. The molecule has 3 N–H and O–H groups in total. The van der Waals surface area contributed by atoms with Gasteiger partial charge in [0.1, 0.15) is 5.75 Å². The maximum atomic E-state index is 12.5. The second-order valence-corrected chi connectivity index (χ2v) is 5.84. The predicted octanol–water partition coefficient (Wildman–Crippen LogP) is 1.97. The zero-order valence-corrected chi connectivity index (χ0v) is 13.5. The van der Waals surface area contributed by atoms with Crippen LogP contribution in [0.1, 0.15) is 40.1 Å². The van der Waals surface area contributed by atoms with E-state index in [1.54, 1.807) is 24.3 Å². The first-order valence-corrected chi connectivity index (χ1v) is 8.07. The number of carbonyl (C=O) groups excluding carboxylic acids is 1. The summed E-state index contributed by atoms with van der Waals surface area (Å²) in [7, 11) is 0. The summed E-state index contributed by atoms with van der Waals surface area (Å²) in [5.74, 6) is 0.425. The minimum Gasteiger partial charge on any atom is -0.494 e. The Morgan fingerprint density at radius 3 is 2.83 bits per heavy atom. The van der Waals surface area contributed by atoms with E-state index in [1.165, 1.54) is 0 Å². The number of carbonyl (C=O) groups is 1. The van der Waals surface area contributed by atoms with Crippen molar-refractivity contribution in [1.29, 1.82) is 0 Å². The van der Waals surface area contributed by atoms with Gasteiger partial charge in [-0.15, -0.1) is 0 Å². The van der Waals surface area contributed by atoms with E-state index in [1.807, 2.05) is 25.1 Å². The Kier molecular flexibility index (Phi) is 4.83. The van der Waals surface area contributed by atoms with Crippen molar-refractivity contribution in [3.63, 3.8) is 0 Å². The van der Waals surface area contributed by atoms with Gasteiger partial charge in [0.05, 0.1) is 25.4 Å². The molecule has 2 aromatic rings. The smallest absolute Gasteiger partial charge is 0.251 e. The molecule has 3 rings (SSSR count). The van der Waals surface area contributed by atoms with Crippen LogP contribution >= 0.6 is 0 Å². The van der Waals surface area contributed by atoms with E-state index in [2.05, 4.69) is 5.32 Å². The Bertz CT molecular complexity index is 744. The van der Waals surface area contributed by atoms with Crippen LogP contribution in [-0.2, 0) is 13.0 Å². The molecule has 0 heterocycles. The van der Waals surface area contributed by atoms with Crippen molar-refractivity contribution < 1.29 is 19.7 Å². The molecule has 0 saturated heterocycles. The number of ether oxygens (including phenoxy) is 1. The monoisotopic (exact) mass is 327 g/mol. The van der Waals surface area contributed by atoms with Crippen molar-refractivity contribution in [1.82, 2.24) is 5.32 Å². The van der Waals surface area contributed by atoms with Gasteiger partial charge in [0.2, 0.25) is 0 Å². The summed E-state index contributed by atoms with van der Waals surface area (Å²) in [6.45, 7) is 2.27. The molecule has 5 nitrogen and oxygen atoms in total. The number of amides is 1. The molecule has 1 aliphatic carbocycles. The summed E-state index contributed by atoms with van der Waals surface area (Å²) in [5.41, 5.74) is 2.80. The third kappa shape index (κ3) is 3.13. The lowest BCUT2D eigenvalue weighted by Crippen LogP contribution is -2.38. The van der Waals surface area contributed by atoms with Crippen LogP contribution in [0.4, 0.5) is 0 Å². The number of nitrogens with one attached hydrogen (secondary N) is 1. The molecule has 5 heteroatoms. The van der Waals surface area contributed by atoms with Crippen molar-refractivity contribution in [2.24, 2.45) is 0 Å². The Hall–Kier alpha value is -2.37. The van der Waals surface area contributed by atoms with Crippen molar-refractivity contribution in [2.75, 3.05) is 6.61 Å². The SMILES string of the molecule is CCOc1ccc2c(c1)C(O)[C@@H](NC(=O)c1ccccc1CO)C2. The molecule has 24 heavy (non-hydrogen) atoms. The van der Waals surface area contributed by atoms with Crippen LogP contribution < -0.4 is 10.1 Å². The van der Waals surface area contributed by atoms with Crippen LogP contribution in [0.3, 0.4) is 0 Å². The van der Waals surface area contributed by atoms with Gasteiger partial charge in [0.25, 0.3) is 5.91 Å². The van der Waals surface area contributed by atoms with Gasteiger partial charge >= 0.3 is 0 Å². The molecule has 1 amide bonds. The number of rotatable bonds is 5. The minimum atomic E-state index is -0.773. The van der Waals surface area contributed by atoms with Crippen molar-refractivity contribution in [2.45, 2.75) is 32.1 Å². The van der Waals surface area contributed by atoms with Gasteiger partial charge in [-0.25, -0.2) is 0 Å². The molecule has 2 aromatic carbocycles. The Morgan fingerprint density at radius 2 is 2.08 bits per heavy atom. The highest BCUT2D eigenvalue weighted by atomic mass is 16.5. The van der Waals surface area contributed by atoms with Gasteiger partial charge in [0, 0.05) is 5.56 Å². The Morgan fingerprint density at radius 1 is 1.29 bits per heavy atom. The number of fused-ring (bicyclic) bond motifs is 1. The normalized spacial score (nSPS) is 19.0. The highest BCUT2D eigenvalue weighted by Crippen LogP contribution is 2.34. The Labute approximate surface area is 140 Å². The number of aliphatic hydroxyl groups is 2. The number of hydrogen-bond donors (Lipinski definition) is 3. The second-order valence-electron chi connectivity index (χ2n) is 5.84. The zero-order chi connectivity index (χ0) is 17.1. The van der Waals surface area contributed by atoms with E-state index >= 15 is 0 Å². The fourth-order valence-corrected chi connectivity index (χ4v) is 3.11. The molecule has 0 radical (unpaired) electrons. The molecule has 0 spiro atoms. The van der Waals surface area contributed by atoms with Gasteiger partial charge < -0.3 is 20.3 Å². The molecule has 0 aromatic heterocycles. The van der Waals surface area contributed by atoms with Crippen LogP contribution in [-0.4, -0.2) is 28.8 Å². The zero-order valence-electron chi connectivity index (χ0n) is 13.5. The molecular formula is C19H21NO4. The predicted molar refractivity (Wildman–Crippen MR) is 89.9 cm³/mol. The number of benzene rings is 2. The average Bonchev–Trinajstić information content (AvgIpc) is 2.91. The van der Waals surface area contributed by atoms with Gasteiger partial charge in [-0.3, -0.25) is 4.79 Å². The van der Waals surface area contributed by atoms with E-state index in [0.29, 0.717) is 29.9 Å². The molecule has 126 valence electrons. The molecule has 1 aliphatic rings.